The highest BCUT2D eigenvalue weighted by Crippen LogP contribution is 2.20. The highest BCUT2D eigenvalue weighted by Gasteiger charge is 2.14. The van der Waals surface area contributed by atoms with Gasteiger partial charge in [0.05, 0.1) is 5.69 Å². The number of hydrogen-bond acceptors (Lipinski definition) is 3. The quantitative estimate of drug-likeness (QED) is 0.468. The van der Waals surface area contributed by atoms with Crippen LogP contribution in [0.4, 0.5) is 5.69 Å². The van der Waals surface area contributed by atoms with E-state index in [-0.39, 0.29) is 0 Å². The number of halogens is 1. The highest BCUT2D eigenvalue weighted by molar-refractivity contribution is 9.10. The van der Waals surface area contributed by atoms with Gasteiger partial charge in [-0.3, -0.25) is 9.59 Å². The van der Waals surface area contributed by atoms with E-state index >= 15 is 0 Å². The van der Waals surface area contributed by atoms with Crippen molar-refractivity contribution in [3.63, 3.8) is 0 Å². The Kier molecular flexibility index (Phi) is 6.69. The lowest BCUT2D eigenvalue weighted by Crippen LogP contribution is -2.33. The fraction of sp³-hybridized carbons (Fsp3) is 0.167. The molecule has 124 valence electrons. The third-order valence-corrected chi connectivity index (χ3v) is 3.99. The van der Waals surface area contributed by atoms with Gasteiger partial charge in [-0.1, -0.05) is 42.5 Å². The van der Waals surface area contributed by atoms with Crippen LogP contribution in [0.3, 0.4) is 0 Å². The fourth-order valence-electron chi connectivity index (χ4n) is 1.96. The Morgan fingerprint density at radius 3 is 2.38 bits per heavy atom. The number of amides is 2. The van der Waals surface area contributed by atoms with Gasteiger partial charge in [-0.15, -0.1) is 0 Å². The summed E-state index contributed by atoms with van der Waals surface area (Å²) in [7, 11) is 0. The Morgan fingerprint density at radius 2 is 1.67 bits per heavy atom. The smallest absolute Gasteiger partial charge is 0.317 e. The number of nitrogens with zero attached hydrogens (tertiary/aromatic N) is 1. The Morgan fingerprint density at radius 1 is 1.00 bits per heavy atom. The zero-order valence-electron chi connectivity index (χ0n) is 13.3. The van der Waals surface area contributed by atoms with Crippen LogP contribution < -0.4 is 10.7 Å². The molecule has 0 unspecified atom stereocenters. The van der Waals surface area contributed by atoms with E-state index in [4.69, 9.17) is 0 Å². The molecule has 2 N–H and O–H groups in total. The van der Waals surface area contributed by atoms with Gasteiger partial charge in [-0.2, -0.15) is 5.10 Å². The first kappa shape index (κ1) is 17.9. The van der Waals surface area contributed by atoms with E-state index < -0.39 is 11.8 Å². The molecular weight excluding hydrogens is 370 g/mol. The number of rotatable bonds is 5. The molecule has 0 atom stereocenters. The summed E-state index contributed by atoms with van der Waals surface area (Å²) in [6.07, 6.45) is 1.53. The van der Waals surface area contributed by atoms with Gasteiger partial charge in [-0.25, -0.2) is 5.43 Å². The number of hydrogen-bond donors (Lipinski definition) is 2. The third kappa shape index (κ3) is 5.62. The maximum Gasteiger partial charge on any atom is 0.329 e. The lowest BCUT2D eigenvalue weighted by Gasteiger charge is -2.06. The molecule has 0 aliphatic rings. The first-order chi connectivity index (χ1) is 11.6. The average Bonchev–Trinajstić information content (AvgIpc) is 2.60. The van der Waals surface area contributed by atoms with Crippen molar-refractivity contribution < 1.29 is 9.59 Å². The molecule has 2 rings (SSSR count). The Labute approximate surface area is 149 Å². The zero-order chi connectivity index (χ0) is 17.4. The molecular formula is C18H18BrN3O2. The molecule has 0 saturated heterocycles. The van der Waals surface area contributed by atoms with Crippen molar-refractivity contribution in [2.24, 2.45) is 5.10 Å². The van der Waals surface area contributed by atoms with Gasteiger partial charge >= 0.3 is 11.8 Å². The first-order valence-electron chi connectivity index (χ1n) is 7.49. The topological polar surface area (TPSA) is 70.6 Å². The molecule has 0 fully saturated rings. The molecule has 6 heteroatoms. The van der Waals surface area contributed by atoms with Crippen LogP contribution in [0.15, 0.2) is 64.2 Å². The van der Waals surface area contributed by atoms with Crippen LogP contribution in [0.25, 0.3) is 0 Å². The van der Waals surface area contributed by atoms with Crippen LogP contribution in [0.1, 0.15) is 18.9 Å². The SMILES string of the molecule is C/C(CCc1ccccc1)=N\NC(=O)C(=O)Nc1ccccc1Br. The van der Waals surface area contributed by atoms with E-state index in [1.54, 1.807) is 18.2 Å². The largest absolute Gasteiger partial charge is 0.329 e. The van der Waals surface area contributed by atoms with Crippen LogP contribution in [0, 0.1) is 0 Å². The van der Waals surface area contributed by atoms with Crippen molar-refractivity contribution in [3.8, 4) is 0 Å². The summed E-state index contributed by atoms with van der Waals surface area (Å²) in [4.78, 5) is 23.6. The van der Waals surface area contributed by atoms with Crippen molar-refractivity contribution >= 4 is 39.1 Å². The normalized spacial score (nSPS) is 11.0. The van der Waals surface area contributed by atoms with E-state index in [9.17, 15) is 9.59 Å². The molecule has 0 aliphatic heterocycles. The van der Waals surface area contributed by atoms with Gasteiger partial charge in [0.1, 0.15) is 0 Å². The second-order valence-corrected chi connectivity index (χ2v) is 6.06. The summed E-state index contributed by atoms with van der Waals surface area (Å²) in [6.45, 7) is 1.81. The Balaban J connectivity index is 1.82. The minimum Gasteiger partial charge on any atom is -0.317 e. The minimum absolute atomic E-state index is 0.530. The van der Waals surface area contributed by atoms with Gasteiger partial charge in [0.15, 0.2) is 0 Å². The van der Waals surface area contributed by atoms with E-state index in [2.05, 4.69) is 31.8 Å². The summed E-state index contributed by atoms with van der Waals surface area (Å²) < 4.78 is 0.702. The number of carbonyl (C=O) groups is 2. The summed E-state index contributed by atoms with van der Waals surface area (Å²) in [5, 5.41) is 6.49. The van der Waals surface area contributed by atoms with Crippen molar-refractivity contribution in [2.45, 2.75) is 19.8 Å². The van der Waals surface area contributed by atoms with Crippen molar-refractivity contribution in [1.29, 1.82) is 0 Å². The number of carbonyl (C=O) groups excluding carboxylic acids is 2. The minimum atomic E-state index is -0.801. The van der Waals surface area contributed by atoms with E-state index in [0.717, 1.165) is 12.1 Å². The second-order valence-electron chi connectivity index (χ2n) is 5.21. The first-order valence-corrected chi connectivity index (χ1v) is 8.28. The Bertz CT molecular complexity index is 745. The Hall–Kier alpha value is -2.47. The number of hydrazone groups is 1. The maximum absolute atomic E-state index is 11.8. The van der Waals surface area contributed by atoms with E-state index in [1.165, 1.54) is 5.56 Å². The molecule has 5 nitrogen and oxygen atoms in total. The van der Waals surface area contributed by atoms with Crippen molar-refractivity contribution in [1.82, 2.24) is 5.43 Å². The van der Waals surface area contributed by atoms with Crippen molar-refractivity contribution in [2.75, 3.05) is 5.32 Å². The number of anilines is 1. The summed E-state index contributed by atoms with van der Waals surface area (Å²) >= 11 is 3.30. The van der Waals surface area contributed by atoms with Gasteiger partial charge < -0.3 is 5.32 Å². The number of para-hydroxylation sites is 1. The molecule has 0 bridgehead atoms. The summed E-state index contributed by atoms with van der Waals surface area (Å²) in [6, 6.07) is 17.1. The third-order valence-electron chi connectivity index (χ3n) is 3.29. The predicted molar refractivity (Wildman–Crippen MR) is 98.8 cm³/mol. The molecule has 0 aliphatic carbocycles. The van der Waals surface area contributed by atoms with Crippen LogP contribution in [-0.2, 0) is 16.0 Å². The molecule has 0 saturated carbocycles. The molecule has 0 aromatic heterocycles. The zero-order valence-corrected chi connectivity index (χ0v) is 14.8. The predicted octanol–water partition coefficient (Wildman–Crippen LogP) is 3.51. The molecule has 0 radical (unpaired) electrons. The highest BCUT2D eigenvalue weighted by atomic mass is 79.9. The van der Waals surface area contributed by atoms with Crippen LogP contribution in [0.2, 0.25) is 0 Å². The fourth-order valence-corrected chi connectivity index (χ4v) is 2.35. The van der Waals surface area contributed by atoms with E-state index in [1.807, 2.05) is 43.3 Å². The molecule has 2 aromatic carbocycles. The summed E-state index contributed by atoms with van der Waals surface area (Å²) in [5.74, 6) is -1.56. The molecule has 24 heavy (non-hydrogen) atoms. The number of benzene rings is 2. The maximum atomic E-state index is 11.8. The lowest BCUT2D eigenvalue weighted by molar-refractivity contribution is -0.136. The van der Waals surface area contributed by atoms with Gasteiger partial charge in [0, 0.05) is 10.2 Å². The molecule has 0 spiro atoms. The van der Waals surface area contributed by atoms with Gasteiger partial charge in [-0.05, 0) is 53.4 Å². The average molecular weight is 388 g/mol. The molecule has 0 heterocycles. The number of aryl methyl sites for hydroxylation is 1. The van der Waals surface area contributed by atoms with E-state index in [0.29, 0.717) is 16.6 Å². The molecule has 2 amide bonds. The van der Waals surface area contributed by atoms with Gasteiger partial charge in [0.25, 0.3) is 0 Å². The summed E-state index contributed by atoms with van der Waals surface area (Å²) in [5.41, 5.74) is 4.76. The van der Waals surface area contributed by atoms with Gasteiger partial charge in [0.2, 0.25) is 0 Å². The van der Waals surface area contributed by atoms with Crippen LogP contribution in [0.5, 0.6) is 0 Å². The number of nitrogens with one attached hydrogen (secondary N) is 2. The van der Waals surface area contributed by atoms with Crippen LogP contribution in [-0.4, -0.2) is 17.5 Å². The monoisotopic (exact) mass is 387 g/mol. The van der Waals surface area contributed by atoms with Crippen LogP contribution >= 0.6 is 15.9 Å². The standard InChI is InChI=1S/C18H18BrN3O2/c1-13(11-12-14-7-3-2-4-8-14)21-22-18(24)17(23)20-16-10-6-5-9-15(16)19/h2-10H,11-12H2,1H3,(H,20,23)(H,22,24)/b21-13+. The van der Waals surface area contributed by atoms with Crippen molar-refractivity contribution in [3.05, 3.63) is 64.6 Å². The molecule has 2 aromatic rings. The second kappa shape index (κ2) is 8.98. The lowest BCUT2D eigenvalue weighted by atomic mass is 10.1.